The van der Waals surface area contributed by atoms with E-state index in [4.69, 9.17) is 4.98 Å². The van der Waals surface area contributed by atoms with Gasteiger partial charge in [0, 0.05) is 17.0 Å². The van der Waals surface area contributed by atoms with Crippen molar-refractivity contribution in [2.24, 2.45) is 0 Å². The maximum atomic E-state index is 12.6. The first kappa shape index (κ1) is 19.4. The smallest absolute Gasteiger partial charge is 0.233 e. The molecular formula is C22H23N5OS. The first-order valence-corrected chi connectivity index (χ1v) is 10.6. The zero-order valence-electron chi connectivity index (χ0n) is 16.7. The molecule has 7 heteroatoms. The van der Waals surface area contributed by atoms with Crippen molar-refractivity contribution < 1.29 is 4.79 Å². The van der Waals surface area contributed by atoms with Gasteiger partial charge in [-0.1, -0.05) is 61.2 Å². The summed E-state index contributed by atoms with van der Waals surface area (Å²) in [6.07, 6.45) is 0.694. The van der Waals surface area contributed by atoms with Crippen LogP contribution in [0.2, 0.25) is 0 Å². The van der Waals surface area contributed by atoms with Gasteiger partial charge in [0.25, 0.3) is 0 Å². The van der Waals surface area contributed by atoms with Gasteiger partial charge in [0.15, 0.2) is 10.8 Å². The Kier molecular flexibility index (Phi) is 5.49. The van der Waals surface area contributed by atoms with Gasteiger partial charge in [0.1, 0.15) is 5.82 Å². The van der Waals surface area contributed by atoms with E-state index in [9.17, 15) is 4.79 Å². The number of hydrogen-bond acceptors (Lipinski definition) is 5. The standard InChI is InChI=1S/C22H23N5OS/c1-4-18(21(28)23-14(2)3)29-22-26-25-20-16-12-8-9-13-17(16)24-19(27(20)22)15-10-6-5-7-11-15/h5-14,18H,4H2,1-3H3,(H,23,28). The molecule has 1 amide bonds. The summed E-state index contributed by atoms with van der Waals surface area (Å²) in [5.74, 6) is 0.783. The molecular weight excluding hydrogens is 382 g/mol. The molecule has 0 aliphatic rings. The van der Waals surface area contributed by atoms with Crippen molar-refractivity contribution in [2.75, 3.05) is 0 Å². The Bertz CT molecular complexity index is 1160. The van der Waals surface area contributed by atoms with Gasteiger partial charge in [-0.15, -0.1) is 10.2 Å². The van der Waals surface area contributed by atoms with Crippen LogP contribution < -0.4 is 5.32 Å². The van der Waals surface area contributed by atoms with E-state index in [0.29, 0.717) is 11.6 Å². The minimum atomic E-state index is -0.250. The summed E-state index contributed by atoms with van der Waals surface area (Å²) in [4.78, 5) is 17.5. The summed E-state index contributed by atoms with van der Waals surface area (Å²) in [5.41, 5.74) is 2.59. The summed E-state index contributed by atoms with van der Waals surface area (Å²) in [6, 6.07) is 18.0. The quantitative estimate of drug-likeness (QED) is 0.483. The molecule has 1 unspecified atom stereocenters. The molecule has 0 aliphatic carbocycles. The highest BCUT2D eigenvalue weighted by molar-refractivity contribution is 8.00. The number of rotatable bonds is 6. The van der Waals surface area contributed by atoms with E-state index in [0.717, 1.165) is 27.9 Å². The fraction of sp³-hybridized carbons (Fsp3) is 0.273. The number of aromatic nitrogens is 4. The Hall–Kier alpha value is -2.93. The fourth-order valence-corrected chi connectivity index (χ4v) is 4.21. The van der Waals surface area contributed by atoms with Crippen LogP contribution in [-0.4, -0.2) is 36.8 Å². The molecule has 4 aromatic rings. The lowest BCUT2D eigenvalue weighted by molar-refractivity contribution is -0.121. The van der Waals surface area contributed by atoms with Crippen molar-refractivity contribution in [1.82, 2.24) is 24.9 Å². The van der Waals surface area contributed by atoms with E-state index in [-0.39, 0.29) is 17.2 Å². The normalized spacial score (nSPS) is 12.6. The average Bonchev–Trinajstić information content (AvgIpc) is 3.15. The zero-order chi connectivity index (χ0) is 20.4. The molecule has 29 heavy (non-hydrogen) atoms. The van der Waals surface area contributed by atoms with Crippen molar-refractivity contribution in [1.29, 1.82) is 0 Å². The Morgan fingerprint density at radius 1 is 1.07 bits per heavy atom. The highest BCUT2D eigenvalue weighted by Gasteiger charge is 2.23. The van der Waals surface area contributed by atoms with Gasteiger partial charge in [0.2, 0.25) is 5.91 Å². The molecule has 0 radical (unpaired) electrons. The van der Waals surface area contributed by atoms with Gasteiger partial charge in [0.05, 0.1) is 10.8 Å². The van der Waals surface area contributed by atoms with E-state index in [1.807, 2.05) is 79.8 Å². The predicted octanol–water partition coefficient (Wildman–Crippen LogP) is 4.34. The van der Waals surface area contributed by atoms with Crippen LogP contribution in [0.5, 0.6) is 0 Å². The first-order valence-electron chi connectivity index (χ1n) is 9.74. The molecule has 6 nitrogen and oxygen atoms in total. The summed E-state index contributed by atoms with van der Waals surface area (Å²) in [6.45, 7) is 5.93. The van der Waals surface area contributed by atoms with E-state index in [2.05, 4.69) is 15.5 Å². The van der Waals surface area contributed by atoms with E-state index in [1.54, 1.807) is 0 Å². The van der Waals surface area contributed by atoms with Crippen LogP contribution in [0.4, 0.5) is 0 Å². The molecule has 2 aromatic heterocycles. The van der Waals surface area contributed by atoms with Crippen LogP contribution in [0.15, 0.2) is 59.8 Å². The van der Waals surface area contributed by atoms with Crippen LogP contribution in [0.3, 0.4) is 0 Å². The van der Waals surface area contributed by atoms with Gasteiger partial charge in [-0.2, -0.15) is 0 Å². The van der Waals surface area contributed by atoms with Crippen LogP contribution in [0.1, 0.15) is 27.2 Å². The Balaban J connectivity index is 1.87. The average molecular weight is 406 g/mol. The fourth-order valence-electron chi connectivity index (χ4n) is 3.24. The van der Waals surface area contributed by atoms with Crippen molar-refractivity contribution >= 4 is 34.2 Å². The summed E-state index contributed by atoms with van der Waals surface area (Å²) >= 11 is 1.43. The predicted molar refractivity (Wildman–Crippen MR) is 117 cm³/mol. The molecule has 0 fully saturated rings. The van der Waals surface area contributed by atoms with E-state index >= 15 is 0 Å². The number of thioether (sulfide) groups is 1. The second kappa shape index (κ2) is 8.21. The molecule has 0 spiro atoms. The zero-order valence-corrected chi connectivity index (χ0v) is 17.5. The number of nitrogens with one attached hydrogen (secondary N) is 1. The molecule has 0 saturated heterocycles. The lowest BCUT2D eigenvalue weighted by Gasteiger charge is -2.16. The number of carbonyl (C=O) groups is 1. The molecule has 0 bridgehead atoms. The largest absolute Gasteiger partial charge is 0.353 e. The number of amides is 1. The van der Waals surface area contributed by atoms with Crippen LogP contribution >= 0.6 is 11.8 Å². The monoisotopic (exact) mass is 405 g/mol. The Morgan fingerprint density at radius 2 is 1.79 bits per heavy atom. The van der Waals surface area contributed by atoms with E-state index in [1.165, 1.54) is 11.8 Å². The highest BCUT2D eigenvalue weighted by atomic mass is 32.2. The number of para-hydroxylation sites is 1. The minimum absolute atomic E-state index is 0.0132. The number of hydrogen-bond donors (Lipinski definition) is 1. The molecule has 1 atom stereocenters. The number of fused-ring (bicyclic) bond motifs is 3. The highest BCUT2D eigenvalue weighted by Crippen LogP contribution is 2.31. The van der Waals surface area contributed by atoms with Crippen molar-refractivity contribution in [3.8, 4) is 11.4 Å². The van der Waals surface area contributed by atoms with Crippen molar-refractivity contribution in [2.45, 2.75) is 43.6 Å². The van der Waals surface area contributed by atoms with Crippen LogP contribution in [0, 0.1) is 0 Å². The maximum Gasteiger partial charge on any atom is 0.233 e. The molecule has 1 N–H and O–H groups in total. The molecule has 2 heterocycles. The Morgan fingerprint density at radius 3 is 2.52 bits per heavy atom. The number of nitrogens with zero attached hydrogens (tertiary/aromatic N) is 4. The number of carbonyl (C=O) groups excluding carboxylic acids is 1. The van der Waals surface area contributed by atoms with Gasteiger partial charge in [-0.05, 0) is 32.4 Å². The first-order chi connectivity index (χ1) is 14.1. The maximum absolute atomic E-state index is 12.6. The summed E-state index contributed by atoms with van der Waals surface area (Å²) < 4.78 is 1.97. The third-order valence-corrected chi connectivity index (χ3v) is 5.90. The SMILES string of the molecule is CCC(Sc1nnc2c3ccccc3nc(-c3ccccc3)n12)C(=O)NC(C)C. The van der Waals surface area contributed by atoms with Gasteiger partial charge < -0.3 is 5.32 Å². The molecule has 4 rings (SSSR count). The molecule has 148 valence electrons. The Labute approximate surface area is 173 Å². The van der Waals surface area contributed by atoms with Gasteiger partial charge in [-0.3, -0.25) is 9.20 Å². The van der Waals surface area contributed by atoms with Crippen LogP contribution in [0.25, 0.3) is 27.9 Å². The molecule has 0 saturated carbocycles. The number of benzene rings is 2. The third kappa shape index (κ3) is 3.82. The van der Waals surface area contributed by atoms with Crippen LogP contribution in [-0.2, 0) is 4.79 Å². The minimum Gasteiger partial charge on any atom is -0.353 e. The lowest BCUT2D eigenvalue weighted by atomic mass is 10.2. The van der Waals surface area contributed by atoms with Gasteiger partial charge in [-0.25, -0.2) is 4.98 Å². The van der Waals surface area contributed by atoms with Crippen molar-refractivity contribution in [3.05, 3.63) is 54.6 Å². The molecule has 0 aliphatic heterocycles. The summed E-state index contributed by atoms with van der Waals surface area (Å²) in [5, 5.41) is 13.3. The van der Waals surface area contributed by atoms with E-state index < -0.39 is 0 Å². The third-order valence-electron chi connectivity index (χ3n) is 4.59. The topological polar surface area (TPSA) is 72.2 Å². The molecule has 2 aromatic carbocycles. The second-order valence-corrected chi connectivity index (χ2v) is 8.31. The summed E-state index contributed by atoms with van der Waals surface area (Å²) in [7, 11) is 0. The van der Waals surface area contributed by atoms with Gasteiger partial charge >= 0.3 is 0 Å². The van der Waals surface area contributed by atoms with Crippen molar-refractivity contribution in [3.63, 3.8) is 0 Å². The lowest BCUT2D eigenvalue weighted by Crippen LogP contribution is -2.37. The second-order valence-electron chi connectivity index (χ2n) is 7.14.